The first-order chi connectivity index (χ1) is 17.1. The van der Waals surface area contributed by atoms with Crippen LogP contribution in [0.2, 0.25) is 0 Å². The average molecular weight is 478 g/mol. The zero-order valence-electron chi connectivity index (χ0n) is 21.0. The summed E-state index contributed by atoms with van der Waals surface area (Å²) in [5.41, 5.74) is 2.61. The monoisotopic (exact) mass is 477 g/mol. The molecule has 0 saturated carbocycles. The summed E-state index contributed by atoms with van der Waals surface area (Å²) < 4.78 is 18.0. The van der Waals surface area contributed by atoms with E-state index in [0.717, 1.165) is 25.7 Å². The smallest absolute Gasteiger partial charge is 0.164 e. The lowest BCUT2D eigenvalue weighted by Crippen LogP contribution is -2.35. The minimum atomic E-state index is -0.582. The third-order valence-corrected chi connectivity index (χ3v) is 5.54. The molecule has 3 aromatic carbocycles. The Labute approximate surface area is 210 Å². The lowest BCUT2D eigenvalue weighted by Gasteiger charge is -2.17. The van der Waals surface area contributed by atoms with Crippen LogP contribution in [-0.4, -0.2) is 43.6 Å². The highest BCUT2D eigenvalue weighted by atomic mass is 16.5. The number of hydrogen-bond acceptors (Lipinski definition) is 5. The Bertz CT molecular complexity index is 963. The predicted molar refractivity (Wildman–Crippen MR) is 142 cm³/mol. The molecule has 3 aromatic rings. The number of nitrogens with one attached hydrogen (secondary N) is 1. The van der Waals surface area contributed by atoms with Gasteiger partial charge in [-0.15, -0.1) is 0 Å². The molecule has 0 radical (unpaired) electrons. The zero-order chi connectivity index (χ0) is 24.7. The first-order valence-corrected chi connectivity index (χ1v) is 12.6. The highest BCUT2D eigenvalue weighted by molar-refractivity contribution is 5.45. The van der Waals surface area contributed by atoms with Gasteiger partial charge in [0, 0.05) is 18.7 Å². The molecule has 0 aliphatic rings. The fourth-order valence-corrected chi connectivity index (χ4v) is 3.64. The van der Waals surface area contributed by atoms with E-state index in [4.69, 9.17) is 14.2 Å². The normalized spacial score (nSPS) is 11.9. The van der Waals surface area contributed by atoms with Gasteiger partial charge in [-0.25, -0.2) is 0 Å². The van der Waals surface area contributed by atoms with Crippen LogP contribution in [0.15, 0.2) is 78.9 Å². The predicted octanol–water partition coefficient (Wildman–Crippen LogP) is 5.45. The Morgan fingerprint density at radius 2 is 1.29 bits per heavy atom. The molecule has 0 fully saturated rings. The van der Waals surface area contributed by atoms with Crippen LogP contribution in [0.5, 0.6) is 17.2 Å². The molecule has 2 N–H and O–H groups in total. The molecule has 5 heteroatoms. The second-order valence-electron chi connectivity index (χ2n) is 9.01. The van der Waals surface area contributed by atoms with Crippen molar-refractivity contribution in [2.75, 3.05) is 26.4 Å². The van der Waals surface area contributed by atoms with E-state index < -0.39 is 6.10 Å². The molecule has 188 valence electrons. The van der Waals surface area contributed by atoms with Gasteiger partial charge in [0.25, 0.3) is 0 Å². The SMILES string of the molecule is CC(C)NC[C@@H](O)COc1ccc(OCCCc2ccccc2)c(OCCCc2ccccc2)c1. The van der Waals surface area contributed by atoms with Crippen molar-refractivity contribution in [3.8, 4) is 17.2 Å². The standard InChI is InChI=1S/C30H39NO4/c1-24(2)31-22-27(32)23-35-28-17-18-29(33-19-9-15-25-11-5-3-6-12-25)30(21-28)34-20-10-16-26-13-7-4-8-14-26/h3-8,11-14,17-18,21,24,27,31-32H,9-10,15-16,19-20,22-23H2,1-2H3/t27-/m1/s1. The van der Waals surface area contributed by atoms with Crippen molar-refractivity contribution in [2.45, 2.75) is 51.7 Å². The first-order valence-electron chi connectivity index (χ1n) is 12.6. The summed E-state index contributed by atoms with van der Waals surface area (Å²) in [4.78, 5) is 0. The van der Waals surface area contributed by atoms with Gasteiger partial charge >= 0.3 is 0 Å². The number of ether oxygens (including phenoxy) is 3. The highest BCUT2D eigenvalue weighted by Crippen LogP contribution is 2.32. The van der Waals surface area contributed by atoms with Crippen LogP contribution in [0.3, 0.4) is 0 Å². The van der Waals surface area contributed by atoms with Crippen molar-refractivity contribution in [3.05, 3.63) is 90.0 Å². The fraction of sp³-hybridized carbons (Fsp3) is 0.400. The molecule has 0 amide bonds. The maximum atomic E-state index is 10.2. The Morgan fingerprint density at radius 3 is 1.86 bits per heavy atom. The molecule has 0 bridgehead atoms. The number of aliphatic hydroxyl groups excluding tert-OH is 1. The summed E-state index contributed by atoms with van der Waals surface area (Å²) in [5, 5.41) is 13.4. The van der Waals surface area contributed by atoms with Crippen LogP contribution in [-0.2, 0) is 12.8 Å². The van der Waals surface area contributed by atoms with Gasteiger partial charge in [-0.2, -0.15) is 0 Å². The van der Waals surface area contributed by atoms with E-state index in [1.807, 2.05) is 44.2 Å². The molecular formula is C30H39NO4. The lowest BCUT2D eigenvalue weighted by atomic mass is 10.1. The Hall–Kier alpha value is -3.02. The second kappa shape index (κ2) is 15.1. The summed E-state index contributed by atoms with van der Waals surface area (Å²) in [7, 11) is 0. The van der Waals surface area contributed by atoms with E-state index in [2.05, 4.69) is 53.8 Å². The third kappa shape index (κ3) is 10.4. The van der Waals surface area contributed by atoms with Gasteiger partial charge in [-0.1, -0.05) is 74.5 Å². The van der Waals surface area contributed by atoms with E-state index >= 15 is 0 Å². The van der Waals surface area contributed by atoms with Crippen molar-refractivity contribution >= 4 is 0 Å². The van der Waals surface area contributed by atoms with Crippen LogP contribution in [0.1, 0.15) is 37.8 Å². The number of benzene rings is 3. The van der Waals surface area contributed by atoms with Crippen molar-refractivity contribution in [3.63, 3.8) is 0 Å². The van der Waals surface area contributed by atoms with Crippen LogP contribution < -0.4 is 19.5 Å². The summed E-state index contributed by atoms with van der Waals surface area (Å²) >= 11 is 0. The van der Waals surface area contributed by atoms with E-state index in [1.54, 1.807) is 0 Å². The van der Waals surface area contributed by atoms with Crippen LogP contribution in [0.25, 0.3) is 0 Å². The maximum absolute atomic E-state index is 10.2. The van der Waals surface area contributed by atoms with Crippen molar-refractivity contribution in [1.29, 1.82) is 0 Å². The maximum Gasteiger partial charge on any atom is 0.164 e. The highest BCUT2D eigenvalue weighted by Gasteiger charge is 2.11. The number of rotatable bonds is 16. The minimum Gasteiger partial charge on any atom is -0.491 e. The van der Waals surface area contributed by atoms with Crippen molar-refractivity contribution in [2.24, 2.45) is 0 Å². The zero-order valence-corrected chi connectivity index (χ0v) is 21.0. The van der Waals surface area contributed by atoms with E-state index in [0.29, 0.717) is 43.0 Å². The van der Waals surface area contributed by atoms with Gasteiger partial charge in [0.2, 0.25) is 0 Å². The summed E-state index contributed by atoms with van der Waals surface area (Å²) in [5.74, 6) is 2.04. The molecular weight excluding hydrogens is 438 g/mol. The molecule has 0 saturated heterocycles. The van der Waals surface area contributed by atoms with Crippen LogP contribution in [0.4, 0.5) is 0 Å². The van der Waals surface area contributed by atoms with E-state index in [1.165, 1.54) is 11.1 Å². The summed E-state index contributed by atoms with van der Waals surface area (Å²) in [6, 6.07) is 26.8. The average Bonchev–Trinajstić information content (AvgIpc) is 2.88. The molecule has 0 aliphatic carbocycles. The first kappa shape index (κ1) is 26.6. The third-order valence-electron chi connectivity index (χ3n) is 5.54. The topological polar surface area (TPSA) is 60.0 Å². The fourth-order valence-electron chi connectivity index (χ4n) is 3.64. The molecule has 35 heavy (non-hydrogen) atoms. The van der Waals surface area contributed by atoms with Gasteiger partial charge in [0.15, 0.2) is 11.5 Å². The van der Waals surface area contributed by atoms with E-state index in [9.17, 15) is 5.11 Å². The Morgan fingerprint density at radius 1 is 0.714 bits per heavy atom. The number of hydrogen-bond donors (Lipinski definition) is 2. The van der Waals surface area contributed by atoms with Gasteiger partial charge in [0.1, 0.15) is 18.5 Å². The molecule has 0 heterocycles. The summed E-state index contributed by atoms with van der Waals surface area (Å²) in [6.07, 6.45) is 3.17. The molecule has 3 rings (SSSR count). The van der Waals surface area contributed by atoms with Gasteiger partial charge < -0.3 is 24.6 Å². The van der Waals surface area contributed by atoms with Crippen molar-refractivity contribution in [1.82, 2.24) is 5.32 Å². The second-order valence-corrected chi connectivity index (χ2v) is 9.01. The Balaban J connectivity index is 1.54. The van der Waals surface area contributed by atoms with Crippen LogP contribution >= 0.6 is 0 Å². The van der Waals surface area contributed by atoms with Gasteiger partial charge in [-0.3, -0.25) is 0 Å². The van der Waals surface area contributed by atoms with Gasteiger partial charge in [0.05, 0.1) is 13.2 Å². The largest absolute Gasteiger partial charge is 0.491 e. The molecule has 5 nitrogen and oxygen atoms in total. The van der Waals surface area contributed by atoms with Crippen molar-refractivity contribution < 1.29 is 19.3 Å². The molecule has 0 unspecified atom stereocenters. The van der Waals surface area contributed by atoms with Gasteiger partial charge in [-0.05, 0) is 48.9 Å². The molecule has 0 aromatic heterocycles. The lowest BCUT2D eigenvalue weighted by molar-refractivity contribution is 0.104. The minimum absolute atomic E-state index is 0.213. The molecule has 0 aliphatic heterocycles. The van der Waals surface area contributed by atoms with Crippen LogP contribution in [0, 0.1) is 0 Å². The number of aryl methyl sites for hydroxylation is 2. The molecule has 0 spiro atoms. The quantitative estimate of drug-likeness (QED) is 0.269. The molecule has 1 atom stereocenters. The van der Waals surface area contributed by atoms with E-state index in [-0.39, 0.29) is 6.61 Å². The summed E-state index contributed by atoms with van der Waals surface area (Å²) in [6.45, 7) is 5.99. The number of aliphatic hydroxyl groups is 1. The Kier molecular flexibility index (Phi) is 11.4.